The molecule has 0 saturated carbocycles. The summed E-state index contributed by atoms with van der Waals surface area (Å²) in [5.41, 5.74) is 2.44. The zero-order chi connectivity index (χ0) is 18.2. The lowest BCUT2D eigenvalue weighted by atomic mass is 10.0. The van der Waals surface area contributed by atoms with Gasteiger partial charge < -0.3 is 15.0 Å². The number of nitrogens with zero attached hydrogens (tertiary/aromatic N) is 1. The highest BCUT2D eigenvalue weighted by Crippen LogP contribution is 2.18. The molecule has 0 aliphatic heterocycles. The lowest BCUT2D eigenvalue weighted by molar-refractivity contribution is -0.123. The van der Waals surface area contributed by atoms with Crippen LogP contribution < -0.4 is 10.1 Å². The lowest BCUT2D eigenvalue weighted by Gasteiger charge is -2.25. The Kier molecular flexibility index (Phi) is 6.95. The smallest absolute Gasteiger partial charge is 0.258 e. The van der Waals surface area contributed by atoms with Crippen molar-refractivity contribution in [1.82, 2.24) is 10.2 Å². The zero-order valence-corrected chi connectivity index (χ0v) is 15.0. The maximum absolute atomic E-state index is 12.8. The maximum Gasteiger partial charge on any atom is 0.258 e. The minimum atomic E-state index is -0.334. The fourth-order valence-corrected chi connectivity index (χ4v) is 2.52. The Labute approximate surface area is 148 Å². The highest BCUT2D eigenvalue weighted by atomic mass is 19.1. The first kappa shape index (κ1) is 18.9. The van der Waals surface area contributed by atoms with E-state index in [1.807, 2.05) is 14.1 Å². The average molecular weight is 344 g/mol. The van der Waals surface area contributed by atoms with Crippen molar-refractivity contribution in [3.63, 3.8) is 0 Å². The molecule has 0 aliphatic carbocycles. The summed E-state index contributed by atoms with van der Waals surface area (Å²) in [6.45, 7) is 2.52. The van der Waals surface area contributed by atoms with Gasteiger partial charge in [-0.05, 0) is 55.9 Å². The molecule has 25 heavy (non-hydrogen) atoms. The number of rotatable bonds is 8. The third-order valence-corrected chi connectivity index (χ3v) is 4.07. The highest BCUT2D eigenvalue weighted by Gasteiger charge is 2.15. The van der Waals surface area contributed by atoms with Gasteiger partial charge in [-0.25, -0.2) is 4.39 Å². The zero-order valence-electron chi connectivity index (χ0n) is 15.0. The van der Waals surface area contributed by atoms with Crippen molar-refractivity contribution in [2.45, 2.75) is 19.4 Å². The minimum Gasteiger partial charge on any atom is -0.484 e. The van der Waals surface area contributed by atoms with Crippen molar-refractivity contribution in [2.24, 2.45) is 0 Å². The molecule has 2 rings (SSSR count). The molecule has 134 valence electrons. The molecule has 0 aliphatic rings. The van der Waals surface area contributed by atoms with Gasteiger partial charge in [-0.1, -0.05) is 31.2 Å². The van der Waals surface area contributed by atoms with Gasteiger partial charge in [0.25, 0.3) is 5.91 Å². The molecular formula is C20H25FN2O2. The molecule has 2 aromatic rings. The number of halogens is 1. The Morgan fingerprint density at radius 3 is 2.32 bits per heavy atom. The van der Waals surface area contributed by atoms with Gasteiger partial charge in [-0.15, -0.1) is 0 Å². The van der Waals surface area contributed by atoms with Crippen molar-refractivity contribution in [3.8, 4) is 5.75 Å². The van der Waals surface area contributed by atoms with Gasteiger partial charge in [0, 0.05) is 6.54 Å². The second-order valence-electron chi connectivity index (χ2n) is 6.12. The van der Waals surface area contributed by atoms with Crippen LogP contribution in [-0.4, -0.2) is 38.1 Å². The summed E-state index contributed by atoms with van der Waals surface area (Å²) in [6, 6.07) is 14.1. The standard InChI is InChI=1S/C20H25FN2O2/c1-4-15-5-7-16(8-6-15)19(23(2)3)13-22-20(24)14-25-18-11-9-17(21)10-12-18/h5-12,19H,4,13-14H2,1-3H3,(H,22,24). The Hall–Kier alpha value is -2.40. The van der Waals surface area contributed by atoms with E-state index in [0.717, 1.165) is 12.0 Å². The molecule has 0 radical (unpaired) electrons. The Morgan fingerprint density at radius 2 is 1.76 bits per heavy atom. The number of nitrogens with one attached hydrogen (secondary N) is 1. The average Bonchev–Trinajstić information content (AvgIpc) is 2.61. The molecule has 0 bridgehead atoms. The first-order chi connectivity index (χ1) is 12.0. The molecule has 0 heterocycles. The van der Waals surface area contributed by atoms with Crippen molar-refractivity contribution >= 4 is 5.91 Å². The Bertz CT molecular complexity index is 669. The van der Waals surface area contributed by atoms with Crippen molar-refractivity contribution < 1.29 is 13.9 Å². The minimum absolute atomic E-state index is 0.0840. The number of carbonyl (C=O) groups is 1. The fourth-order valence-electron chi connectivity index (χ4n) is 2.52. The van der Waals surface area contributed by atoms with Gasteiger partial charge >= 0.3 is 0 Å². The number of amides is 1. The van der Waals surface area contributed by atoms with E-state index < -0.39 is 0 Å². The second-order valence-corrected chi connectivity index (χ2v) is 6.12. The molecule has 0 aromatic heterocycles. The van der Waals surface area contributed by atoms with E-state index in [0.29, 0.717) is 12.3 Å². The van der Waals surface area contributed by atoms with Crippen LogP contribution in [0.2, 0.25) is 0 Å². The summed E-state index contributed by atoms with van der Waals surface area (Å²) in [7, 11) is 3.97. The van der Waals surface area contributed by atoms with Gasteiger partial charge in [0.2, 0.25) is 0 Å². The number of aryl methyl sites for hydroxylation is 1. The molecule has 2 aromatic carbocycles. The quantitative estimate of drug-likeness (QED) is 0.800. The van der Waals surface area contributed by atoms with Crippen LogP contribution in [0.3, 0.4) is 0 Å². The Morgan fingerprint density at radius 1 is 1.12 bits per heavy atom. The summed E-state index contributed by atoms with van der Waals surface area (Å²) >= 11 is 0. The number of ether oxygens (including phenoxy) is 1. The summed E-state index contributed by atoms with van der Waals surface area (Å²) in [6.07, 6.45) is 1.00. The topological polar surface area (TPSA) is 41.6 Å². The van der Waals surface area contributed by atoms with E-state index in [-0.39, 0.29) is 24.4 Å². The number of likely N-dealkylation sites (N-methyl/N-ethyl adjacent to an activating group) is 1. The van der Waals surface area contributed by atoms with Crippen molar-refractivity contribution in [2.75, 3.05) is 27.2 Å². The molecule has 1 N–H and O–H groups in total. The number of benzene rings is 2. The van der Waals surface area contributed by atoms with Gasteiger partial charge in [0.1, 0.15) is 11.6 Å². The highest BCUT2D eigenvalue weighted by molar-refractivity contribution is 5.77. The summed E-state index contributed by atoms with van der Waals surface area (Å²) < 4.78 is 18.2. The molecule has 1 unspecified atom stereocenters. The number of carbonyl (C=O) groups excluding carboxylic acids is 1. The SMILES string of the molecule is CCc1ccc(C(CNC(=O)COc2ccc(F)cc2)N(C)C)cc1. The molecule has 1 amide bonds. The molecule has 1 atom stereocenters. The number of hydrogen-bond donors (Lipinski definition) is 1. The molecule has 4 nitrogen and oxygen atoms in total. The van der Waals surface area contributed by atoms with Crippen LogP contribution in [0.5, 0.6) is 5.75 Å². The van der Waals surface area contributed by atoms with Crippen LogP contribution in [0.25, 0.3) is 0 Å². The van der Waals surface area contributed by atoms with Gasteiger partial charge in [-0.2, -0.15) is 0 Å². The van der Waals surface area contributed by atoms with Crippen LogP contribution in [-0.2, 0) is 11.2 Å². The van der Waals surface area contributed by atoms with E-state index in [1.165, 1.54) is 29.8 Å². The summed E-state index contributed by atoms with van der Waals surface area (Å²) in [5.74, 6) is -0.0723. The first-order valence-electron chi connectivity index (χ1n) is 8.40. The van der Waals surface area contributed by atoms with Crippen LogP contribution >= 0.6 is 0 Å². The summed E-state index contributed by atoms with van der Waals surface area (Å²) in [4.78, 5) is 14.1. The lowest BCUT2D eigenvalue weighted by Crippen LogP contribution is -2.36. The van der Waals surface area contributed by atoms with E-state index in [1.54, 1.807) is 0 Å². The fraction of sp³-hybridized carbons (Fsp3) is 0.350. The molecule has 0 saturated heterocycles. The van der Waals surface area contributed by atoms with Crippen molar-refractivity contribution in [1.29, 1.82) is 0 Å². The summed E-state index contributed by atoms with van der Waals surface area (Å²) in [5, 5.41) is 2.89. The monoisotopic (exact) mass is 344 g/mol. The normalized spacial score (nSPS) is 12.0. The van der Waals surface area contributed by atoms with Crippen molar-refractivity contribution in [3.05, 3.63) is 65.5 Å². The third-order valence-electron chi connectivity index (χ3n) is 4.07. The maximum atomic E-state index is 12.8. The van der Waals surface area contributed by atoms with Crippen LogP contribution in [0, 0.1) is 5.82 Å². The molecule has 5 heteroatoms. The first-order valence-corrected chi connectivity index (χ1v) is 8.40. The number of hydrogen-bond acceptors (Lipinski definition) is 3. The van der Waals surface area contributed by atoms with Crippen LogP contribution in [0.15, 0.2) is 48.5 Å². The molecule has 0 spiro atoms. The van der Waals surface area contributed by atoms with E-state index >= 15 is 0 Å². The predicted molar refractivity (Wildman–Crippen MR) is 97.2 cm³/mol. The van der Waals surface area contributed by atoms with Gasteiger partial charge in [0.15, 0.2) is 6.61 Å². The van der Waals surface area contributed by atoms with E-state index in [4.69, 9.17) is 4.74 Å². The molecular weight excluding hydrogens is 319 g/mol. The molecule has 0 fully saturated rings. The second kappa shape index (κ2) is 9.18. The third kappa shape index (κ3) is 5.87. The largest absolute Gasteiger partial charge is 0.484 e. The van der Waals surface area contributed by atoms with Gasteiger partial charge in [0.05, 0.1) is 6.04 Å². The van der Waals surface area contributed by atoms with E-state index in [9.17, 15) is 9.18 Å². The van der Waals surface area contributed by atoms with E-state index in [2.05, 4.69) is 41.4 Å². The van der Waals surface area contributed by atoms with Crippen LogP contribution in [0.1, 0.15) is 24.1 Å². The van der Waals surface area contributed by atoms with Gasteiger partial charge in [-0.3, -0.25) is 4.79 Å². The van der Waals surface area contributed by atoms with Crippen LogP contribution in [0.4, 0.5) is 4.39 Å². The predicted octanol–water partition coefficient (Wildman–Crippen LogP) is 3.19. The Balaban J connectivity index is 1.87.